The SMILES string of the molecule is Cc1cnn(C2CCCc3ccccc32)c1NC(=O)c1ccc(N2CCCS2(=O)=O)cc1. The highest BCUT2D eigenvalue weighted by molar-refractivity contribution is 7.93. The van der Waals surface area contributed by atoms with Crippen molar-refractivity contribution in [3.05, 3.63) is 77.0 Å². The van der Waals surface area contributed by atoms with Gasteiger partial charge in [-0.2, -0.15) is 5.10 Å². The number of anilines is 2. The predicted octanol–water partition coefficient (Wildman–Crippen LogP) is 3.91. The van der Waals surface area contributed by atoms with Gasteiger partial charge < -0.3 is 5.32 Å². The van der Waals surface area contributed by atoms with Crippen molar-refractivity contribution >= 4 is 27.4 Å². The fourth-order valence-electron chi connectivity index (χ4n) is 4.71. The molecule has 0 bridgehead atoms. The number of nitrogens with one attached hydrogen (secondary N) is 1. The molecule has 2 aromatic carbocycles. The molecule has 2 aliphatic rings. The standard InChI is InChI=1S/C24H26N4O3S/c1-17-16-25-28(22-9-4-7-18-6-2-3-8-21(18)22)23(17)26-24(29)19-10-12-20(13-11-19)27-14-5-15-32(27,30)31/h2-3,6,8,10-13,16,22H,4-5,7,9,14-15H2,1H3,(H,26,29). The lowest BCUT2D eigenvalue weighted by Gasteiger charge is -2.27. The van der Waals surface area contributed by atoms with Gasteiger partial charge in [0.15, 0.2) is 0 Å². The summed E-state index contributed by atoms with van der Waals surface area (Å²) in [6, 6.07) is 15.2. The Morgan fingerprint density at radius 3 is 2.62 bits per heavy atom. The highest BCUT2D eigenvalue weighted by Gasteiger charge is 2.29. The maximum Gasteiger partial charge on any atom is 0.256 e. The molecule has 1 aliphatic heterocycles. The molecule has 7 nitrogen and oxygen atoms in total. The lowest BCUT2D eigenvalue weighted by atomic mass is 9.88. The number of benzene rings is 2. The molecule has 1 N–H and O–H groups in total. The molecule has 0 spiro atoms. The van der Waals surface area contributed by atoms with E-state index in [4.69, 9.17) is 0 Å². The quantitative estimate of drug-likeness (QED) is 0.653. The Hall–Kier alpha value is -3.13. The third-order valence-corrected chi connectivity index (χ3v) is 8.23. The Balaban J connectivity index is 1.39. The first-order valence-corrected chi connectivity index (χ1v) is 12.6. The highest BCUT2D eigenvalue weighted by Crippen LogP contribution is 2.35. The summed E-state index contributed by atoms with van der Waals surface area (Å²) in [5.74, 6) is 0.626. The molecule has 1 fully saturated rings. The van der Waals surface area contributed by atoms with Gasteiger partial charge in [-0.15, -0.1) is 0 Å². The molecule has 166 valence electrons. The molecule has 5 rings (SSSR count). The average molecular weight is 451 g/mol. The van der Waals surface area contributed by atoms with Gasteiger partial charge in [0, 0.05) is 17.7 Å². The number of fused-ring (bicyclic) bond motifs is 1. The van der Waals surface area contributed by atoms with E-state index >= 15 is 0 Å². The number of aromatic nitrogens is 2. The van der Waals surface area contributed by atoms with Gasteiger partial charge in [-0.05, 0) is 68.0 Å². The second-order valence-corrected chi connectivity index (χ2v) is 10.5. The summed E-state index contributed by atoms with van der Waals surface area (Å²) in [6.07, 6.45) is 5.52. The summed E-state index contributed by atoms with van der Waals surface area (Å²) < 4.78 is 27.6. The van der Waals surface area contributed by atoms with Crippen LogP contribution in [0.2, 0.25) is 0 Å². The molecule has 1 saturated heterocycles. The van der Waals surface area contributed by atoms with Crippen molar-refractivity contribution in [1.29, 1.82) is 0 Å². The van der Waals surface area contributed by atoms with Gasteiger partial charge in [-0.3, -0.25) is 9.10 Å². The third kappa shape index (κ3) is 3.68. The van der Waals surface area contributed by atoms with Crippen molar-refractivity contribution in [3.63, 3.8) is 0 Å². The largest absolute Gasteiger partial charge is 0.307 e. The number of rotatable bonds is 4. The Morgan fingerprint density at radius 1 is 1.09 bits per heavy atom. The summed E-state index contributed by atoms with van der Waals surface area (Å²) >= 11 is 0. The number of carbonyl (C=O) groups excluding carboxylic acids is 1. The van der Waals surface area contributed by atoms with Crippen LogP contribution in [0.5, 0.6) is 0 Å². The fraction of sp³-hybridized carbons (Fsp3) is 0.333. The van der Waals surface area contributed by atoms with Crippen molar-refractivity contribution in [2.75, 3.05) is 21.9 Å². The van der Waals surface area contributed by atoms with Crippen LogP contribution in [0.4, 0.5) is 11.5 Å². The number of aryl methyl sites for hydroxylation is 2. The Labute approximate surface area is 188 Å². The van der Waals surface area contributed by atoms with Crippen molar-refractivity contribution in [3.8, 4) is 0 Å². The van der Waals surface area contributed by atoms with Crippen molar-refractivity contribution < 1.29 is 13.2 Å². The van der Waals surface area contributed by atoms with Gasteiger partial charge in [0.2, 0.25) is 10.0 Å². The lowest BCUT2D eigenvalue weighted by Crippen LogP contribution is -2.25. The Morgan fingerprint density at radius 2 is 1.88 bits per heavy atom. The van der Waals surface area contributed by atoms with Crippen molar-refractivity contribution in [2.45, 2.75) is 38.6 Å². The van der Waals surface area contributed by atoms with E-state index in [9.17, 15) is 13.2 Å². The number of amides is 1. The maximum atomic E-state index is 13.0. The summed E-state index contributed by atoms with van der Waals surface area (Å²) in [5.41, 5.74) is 4.57. The normalized spacial score (nSPS) is 19.5. The van der Waals surface area contributed by atoms with Gasteiger partial charge in [0.05, 0.1) is 23.7 Å². The fourth-order valence-corrected chi connectivity index (χ4v) is 6.28. The molecule has 0 saturated carbocycles. The summed E-state index contributed by atoms with van der Waals surface area (Å²) in [5, 5.41) is 7.63. The van der Waals surface area contributed by atoms with E-state index in [2.05, 4.69) is 28.6 Å². The van der Waals surface area contributed by atoms with Crippen LogP contribution in [0, 0.1) is 6.92 Å². The minimum atomic E-state index is -3.24. The Bertz CT molecular complexity index is 1260. The maximum absolute atomic E-state index is 13.0. The van der Waals surface area contributed by atoms with E-state index in [1.165, 1.54) is 15.4 Å². The number of sulfonamides is 1. The first-order chi connectivity index (χ1) is 15.4. The highest BCUT2D eigenvalue weighted by atomic mass is 32.2. The smallest absolute Gasteiger partial charge is 0.256 e. The van der Waals surface area contributed by atoms with E-state index in [1.54, 1.807) is 30.5 Å². The molecule has 32 heavy (non-hydrogen) atoms. The molecule has 8 heteroatoms. The van der Waals surface area contributed by atoms with Crippen LogP contribution in [0.3, 0.4) is 0 Å². The van der Waals surface area contributed by atoms with Gasteiger partial charge in [-0.25, -0.2) is 13.1 Å². The van der Waals surface area contributed by atoms with Crippen LogP contribution in [0.1, 0.15) is 52.4 Å². The molecular formula is C24H26N4O3S. The topological polar surface area (TPSA) is 84.3 Å². The molecule has 1 amide bonds. The second kappa shape index (κ2) is 8.09. The molecule has 1 aliphatic carbocycles. The molecule has 0 radical (unpaired) electrons. The molecule has 1 unspecified atom stereocenters. The van der Waals surface area contributed by atoms with Crippen LogP contribution >= 0.6 is 0 Å². The minimum absolute atomic E-state index is 0.0895. The molecule has 1 atom stereocenters. The average Bonchev–Trinajstić information content (AvgIpc) is 3.34. The van der Waals surface area contributed by atoms with Crippen LogP contribution in [-0.2, 0) is 16.4 Å². The van der Waals surface area contributed by atoms with Crippen molar-refractivity contribution in [1.82, 2.24) is 9.78 Å². The number of nitrogens with zero attached hydrogens (tertiary/aromatic N) is 3. The molecule has 3 aromatic rings. The van der Waals surface area contributed by atoms with Crippen LogP contribution in [-0.4, -0.2) is 36.4 Å². The van der Waals surface area contributed by atoms with E-state index in [0.29, 0.717) is 30.0 Å². The lowest BCUT2D eigenvalue weighted by molar-refractivity contribution is 0.102. The Kier molecular flexibility index (Phi) is 5.25. The number of carbonyl (C=O) groups is 1. The zero-order valence-corrected chi connectivity index (χ0v) is 18.8. The van der Waals surface area contributed by atoms with E-state index in [0.717, 1.165) is 24.8 Å². The van der Waals surface area contributed by atoms with Crippen molar-refractivity contribution in [2.24, 2.45) is 0 Å². The first-order valence-electron chi connectivity index (χ1n) is 11.0. The zero-order chi connectivity index (χ0) is 22.3. The molecule has 2 heterocycles. The first kappa shape index (κ1) is 20.8. The minimum Gasteiger partial charge on any atom is -0.307 e. The van der Waals surface area contributed by atoms with E-state index in [-0.39, 0.29) is 17.7 Å². The second-order valence-electron chi connectivity index (χ2n) is 8.47. The number of hydrogen-bond acceptors (Lipinski definition) is 4. The zero-order valence-electron chi connectivity index (χ0n) is 18.0. The number of hydrogen-bond donors (Lipinski definition) is 1. The molecule has 1 aromatic heterocycles. The van der Waals surface area contributed by atoms with Gasteiger partial charge in [0.25, 0.3) is 5.91 Å². The third-order valence-electron chi connectivity index (χ3n) is 6.36. The summed E-state index contributed by atoms with van der Waals surface area (Å²) in [6.45, 7) is 2.42. The van der Waals surface area contributed by atoms with Gasteiger partial charge >= 0.3 is 0 Å². The van der Waals surface area contributed by atoms with Crippen LogP contribution in [0.15, 0.2) is 54.7 Å². The summed E-state index contributed by atoms with van der Waals surface area (Å²) in [7, 11) is -3.24. The molecular weight excluding hydrogens is 424 g/mol. The summed E-state index contributed by atoms with van der Waals surface area (Å²) in [4.78, 5) is 13.0. The van der Waals surface area contributed by atoms with Gasteiger partial charge in [-0.1, -0.05) is 24.3 Å². The van der Waals surface area contributed by atoms with E-state index in [1.807, 2.05) is 17.7 Å². The van der Waals surface area contributed by atoms with Crippen LogP contribution < -0.4 is 9.62 Å². The predicted molar refractivity (Wildman–Crippen MR) is 125 cm³/mol. The van der Waals surface area contributed by atoms with Gasteiger partial charge in [0.1, 0.15) is 5.82 Å². The monoisotopic (exact) mass is 450 g/mol. The van der Waals surface area contributed by atoms with Crippen LogP contribution in [0.25, 0.3) is 0 Å². The van der Waals surface area contributed by atoms with E-state index < -0.39 is 10.0 Å².